The number of rotatable bonds is 7. The van der Waals surface area contributed by atoms with Crippen LogP contribution in [-0.4, -0.2) is 48.6 Å². The fraction of sp³-hybridized carbons (Fsp3) is 0.333. The first-order valence-electron chi connectivity index (χ1n) is 9.77. The molecular weight excluding hydrogens is 424 g/mol. The van der Waals surface area contributed by atoms with E-state index in [9.17, 15) is 28.1 Å². The molecule has 0 spiro atoms. The Morgan fingerprint density at radius 2 is 1.68 bits per heavy atom. The maximum absolute atomic E-state index is 12.8. The Hall–Kier alpha value is -3.11. The van der Waals surface area contributed by atoms with E-state index in [4.69, 9.17) is 4.74 Å². The molecule has 1 aliphatic rings. The monoisotopic (exact) mass is 446 g/mol. The van der Waals surface area contributed by atoms with E-state index in [0.717, 1.165) is 19.3 Å². The number of nitro benzene ring substituents is 1. The zero-order valence-electron chi connectivity index (χ0n) is 16.9. The molecule has 0 aliphatic carbocycles. The molecule has 1 fully saturated rings. The van der Waals surface area contributed by atoms with Gasteiger partial charge in [0.1, 0.15) is 0 Å². The van der Waals surface area contributed by atoms with Crippen molar-refractivity contribution in [1.82, 2.24) is 4.31 Å². The summed E-state index contributed by atoms with van der Waals surface area (Å²) < 4.78 is 32.2. The summed E-state index contributed by atoms with van der Waals surface area (Å²) in [6.07, 6.45) is 2.62. The highest BCUT2D eigenvalue weighted by Crippen LogP contribution is 2.25. The van der Waals surface area contributed by atoms with Gasteiger partial charge in [0.15, 0.2) is 12.4 Å². The van der Waals surface area contributed by atoms with E-state index in [1.807, 2.05) is 6.92 Å². The van der Waals surface area contributed by atoms with Crippen molar-refractivity contribution in [3.05, 3.63) is 69.8 Å². The summed E-state index contributed by atoms with van der Waals surface area (Å²) in [6.45, 7) is 1.81. The zero-order valence-corrected chi connectivity index (χ0v) is 17.7. The minimum Gasteiger partial charge on any atom is -0.454 e. The normalized spacial score (nSPS) is 17.1. The van der Waals surface area contributed by atoms with Crippen LogP contribution in [0.4, 0.5) is 5.69 Å². The number of non-ortho nitro benzene ring substituents is 1. The van der Waals surface area contributed by atoms with Crippen LogP contribution >= 0.6 is 0 Å². The third-order valence-electron chi connectivity index (χ3n) is 5.17. The molecule has 2 aromatic rings. The maximum Gasteiger partial charge on any atom is 0.338 e. The first kappa shape index (κ1) is 22.6. The number of nitro groups is 1. The number of hydrogen-bond acceptors (Lipinski definition) is 7. The van der Waals surface area contributed by atoms with Crippen LogP contribution in [0.25, 0.3) is 0 Å². The number of ether oxygens (including phenoxy) is 1. The summed E-state index contributed by atoms with van der Waals surface area (Å²) in [5.41, 5.74) is 0.139. The molecule has 1 unspecified atom stereocenters. The van der Waals surface area contributed by atoms with Crippen LogP contribution < -0.4 is 0 Å². The topological polar surface area (TPSA) is 124 Å². The van der Waals surface area contributed by atoms with Crippen molar-refractivity contribution in [1.29, 1.82) is 0 Å². The molecule has 0 aromatic heterocycles. The molecule has 1 heterocycles. The number of ketones is 1. The second-order valence-electron chi connectivity index (χ2n) is 7.29. The lowest BCUT2D eigenvalue weighted by molar-refractivity contribution is -0.384. The van der Waals surface area contributed by atoms with E-state index in [1.165, 1.54) is 52.8 Å². The van der Waals surface area contributed by atoms with Gasteiger partial charge < -0.3 is 4.74 Å². The van der Waals surface area contributed by atoms with Gasteiger partial charge in [0.25, 0.3) is 5.69 Å². The molecule has 0 radical (unpaired) electrons. The summed E-state index contributed by atoms with van der Waals surface area (Å²) >= 11 is 0. The van der Waals surface area contributed by atoms with Crippen molar-refractivity contribution in [3.63, 3.8) is 0 Å². The molecule has 0 saturated carbocycles. The van der Waals surface area contributed by atoms with Gasteiger partial charge in [0.05, 0.1) is 15.4 Å². The molecule has 1 atom stereocenters. The van der Waals surface area contributed by atoms with Crippen molar-refractivity contribution in [2.75, 3.05) is 13.2 Å². The van der Waals surface area contributed by atoms with Gasteiger partial charge in [-0.25, -0.2) is 13.2 Å². The molecule has 0 N–H and O–H groups in total. The van der Waals surface area contributed by atoms with E-state index in [0.29, 0.717) is 6.54 Å². The largest absolute Gasteiger partial charge is 0.454 e. The second-order valence-corrected chi connectivity index (χ2v) is 9.18. The average Bonchev–Trinajstić information content (AvgIpc) is 2.77. The van der Waals surface area contributed by atoms with Gasteiger partial charge in [-0.1, -0.05) is 6.42 Å². The van der Waals surface area contributed by atoms with Gasteiger partial charge in [0.2, 0.25) is 10.0 Å². The first-order chi connectivity index (χ1) is 14.7. The zero-order chi connectivity index (χ0) is 22.6. The highest BCUT2D eigenvalue weighted by molar-refractivity contribution is 7.89. The summed E-state index contributed by atoms with van der Waals surface area (Å²) in [6, 6.07) is 10.3. The number of benzene rings is 2. The predicted molar refractivity (Wildman–Crippen MR) is 111 cm³/mol. The maximum atomic E-state index is 12.8. The Kier molecular flexibility index (Phi) is 6.81. The average molecular weight is 446 g/mol. The molecule has 0 bridgehead atoms. The molecular formula is C21H22N2O7S. The second kappa shape index (κ2) is 9.36. The van der Waals surface area contributed by atoms with E-state index in [1.54, 1.807) is 0 Å². The molecule has 9 nitrogen and oxygen atoms in total. The van der Waals surface area contributed by atoms with E-state index >= 15 is 0 Å². The summed E-state index contributed by atoms with van der Waals surface area (Å²) in [5, 5.41) is 10.7. The first-order valence-corrected chi connectivity index (χ1v) is 11.2. The van der Waals surface area contributed by atoms with Crippen molar-refractivity contribution in [2.45, 2.75) is 37.1 Å². The molecule has 1 saturated heterocycles. The molecule has 1 aliphatic heterocycles. The number of Topliss-reactive ketones (excluding diaryl/α,β-unsaturated/α-hetero) is 1. The Morgan fingerprint density at radius 1 is 1.06 bits per heavy atom. The lowest BCUT2D eigenvalue weighted by Gasteiger charge is -2.32. The Bertz CT molecular complexity index is 1080. The molecule has 2 aromatic carbocycles. The predicted octanol–water partition coefficient (Wildman–Crippen LogP) is 3.20. The van der Waals surface area contributed by atoms with E-state index in [2.05, 4.69) is 0 Å². The number of hydrogen-bond donors (Lipinski definition) is 0. The highest BCUT2D eigenvalue weighted by atomic mass is 32.2. The van der Waals surface area contributed by atoms with Crippen molar-refractivity contribution in [3.8, 4) is 0 Å². The smallest absolute Gasteiger partial charge is 0.338 e. The number of piperidine rings is 1. The van der Waals surface area contributed by atoms with Gasteiger partial charge in [-0.15, -0.1) is 0 Å². The Morgan fingerprint density at radius 3 is 2.26 bits per heavy atom. The van der Waals surface area contributed by atoms with Crippen LogP contribution in [0.5, 0.6) is 0 Å². The number of esters is 1. The van der Waals surface area contributed by atoms with Gasteiger partial charge >= 0.3 is 5.97 Å². The molecule has 0 amide bonds. The number of sulfonamides is 1. The molecule has 164 valence electrons. The van der Waals surface area contributed by atoms with E-state index < -0.39 is 33.3 Å². The lowest BCUT2D eigenvalue weighted by Crippen LogP contribution is -2.41. The van der Waals surface area contributed by atoms with Gasteiger partial charge in [-0.3, -0.25) is 14.9 Å². The van der Waals surface area contributed by atoms with Gasteiger partial charge in [-0.05, 0) is 56.2 Å². The van der Waals surface area contributed by atoms with Crippen molar-refractivity contribution < 1.29 is 27.7 Å². The molecule has 3 rings (SSSR count). The SMILES string of the molecule is CC1CCCCN1S(=O)(=O)c1ccc(C(=O)OCC(=O)c2ccc([N+](=O)[O-])cc2)cc1. The highest BCUT2D eigenvalue weighted by Gasteiger charge is 2.31. The standard InChI is InChI=1S/C21H22N2O7S/c1-15-4-2-3-13-22(15)31(28,29)19-11-7-17(8-12-19)21(25)30-14-20(24)16-5-9-18(10-6-16)23(26)27/h5-12,15H,2-4,13-14H2,1H3. The summed E-state index contributed by atoms with van der Waals surface area (Å²) in [4.78, 5) is 34.5. The van der Waals surface area contributed by atoms with Crippen LogP contribution in [-0.2, 0) is 14.8 Å². The van der Waals surface area contributed by atoms with Crippen LogP contribution in [0.3, 0.4) is 0 Å². The Labute approximate surface area is 179 Å². The van der Waals surface area contributed by atoms with Gasteiger partial charge in [0, 0.05) is 30.3 Å². The fourth-order valence-corrected chi connectivity index (χ4v) is 5.09. The number of nitrogens with zero attached hydrogens (tertiary/aromatic N) is 2. The van der Waals surface area contributed by atoms with Gasteiger partial charge in [-0.2, -0.15) is 4.31 Å². The van der Waals surface area contributed by atoms with Crippen molar-refractivity contribution in [2.24, 2.45) is 0 Å². The molecule has 31 heavy (non-hydrogen) atoms. The molecule has 10 heteroatoms. The van der Waals surface area contributed by atoms with Crippen LogP contribution in [0, 0.1) is 10.1 Å². The van der Waals surface area contributed by atoms with Crippen molar-refractivity contribution >= 4 is 27.5 Å². The van der Waals surface area contributed by atoms with E-state index in [-0.39, 0.29) is 27.8 Å². The summed E-state index contributed by atoms with van der Waals surface area (Å²) in [5.74, 6) is -1.29. The quantitative estimate of drug-likeness (QED) is 0.277. The number of carbonyl (C=O) groups excluding carboxylic acids is 2. The van der Waals surface area contributed by atoms with Crippen LogP contribution in [0.1, 0.15) is 46.9 Å². The van der Waals surface area contributed by atoms with Crippen LogP contribution in [0.15, 0.2) is 53.4 Å². The third-order valence-corrected chi connectivity index (χ3v) is 7.20. The minimum absolute atomic E-state index is 0.0752. The summed E-state index contributed by atoms with van der Waals surface area (Å²) in [7, 11) is -3.65. The lowest BCUT2D eigenvalue weighted by atomic mass is 10.1. The fourth-order valence-electron chi connectivity index (χ4n) is 3.39. The van der Waals surface area contributed by atoms with Crippen LogP contribution in [0.2, 0.25) is 0 Å². The minimum atomic E-state index is -3.65. The number of carbonyl (C=O) groups is 2. The third kappa shape index (κ3) is 5.15. The Balaban J connectivity index is 1.62.